The van der Waals surface area contributed by atoms with Crippen LogP contribution in [0.2, 0.25) is 0 Å². The third kappa shape index (κ3) is 5.41. The van der Waals surface area contributed by atoms with Crippen LogP contribution in [0.4, 0.5) is 11.4 Å². The molecule has 0 spiro atoms. The summed E-state index contributed by atoms with van der Waals surface area (Å²) >= 11 is 1.26. The SMILES string of the molecule is COc1cc([N+](=O)[O-])ccc1NC(=O)CSc1nnc(-c2ccccc2)n1Cc1ccccc1. The number of benzene rings is 3. The topological polar surface area (TPSA) is 112 Å². The fourth-order valence-electron chi connectivity index (χ4n) is 3.32. The summed E-state index contributed by atoms with van der Waals surface area (Å²) in [5.74, 6) is 0.699. The monoisotopic (exact) mass is 475 g/mol. The third-order valence-corrected chi connectivity index (χ3v) is 5.90. The first-order valence-corrected chi connectivity index (χ1v) is 11.3. The van der Waals surface area contributed by atoms with E-state index in [0.29, 0.717) is 23.2 Å². The van der Waals surface area contributed by atoms with Gasteiger partial charge in [0.1, 0.15) is 5.75 Å². The standard InChI is InChI=1S/C24H21N5O4S/c1-33-21-14-19(29(31)32)12-13-20(21)25-22(30)16-34-24-27-26-23(18-10-6-3-7-11-18)28(24)15-17-8-4-2-5-9-17/h2-14H,15-16H2,1H3,(H,25,30). The Balaban J connectivity index is 1.52. The summed E-state index contributed by atoms with van der Waals surface area (Å²) in [6, 6.07) is 23.7. The Bertz CT molecular complexity index is 1300. The van der Waals surface area contributed by atoms with Crippen LogP contribution in [-0.4, -0.2) is 38.5 Å². The normalized spacial score (nSPS) is 10.6. The summed E-state index contributed by atoms with van der Waals surface area (Å²) < 4.78 is 7.17. The van der Waals surface area contributed by atoms with Crippen molar-refractivity contribution < 1.29 is 14.5 Å². The van der Waals surface area contributed by atoms with Gasteiger partial charge < -0.3 is 10.1 Å². The second kappa shape index (κ2) is 10.6. The molecule has 0 aliphatic heterocycles. The molecule has 0 radical (unpaired) electrons. The lowest BCUT2D eigenvalue weighted by Crippen LogP contribution is -2.15. The summed E-state index contributed by atoms with van der Waals surface area (Å²) in [5, 5.41) is 23.0. The predicted molar refractivity (Wildman–Crippen MR) is 130 cm³/mol. The van der Waals surface area contributed by atoms with E-state index in [0.717, 1.165) is 11.1 Å². The molecule has 1 amide bonds. The average molecular weight is 476 g/mol. The number of carbonyl (C=O) groups excluding carboxylic acids is 1. The summed E-state index contributed by atoms with van der Waals surface area (Å²) in [6.45, 7) is 0.554. The van der Waals surface area contributed by atoms with Crippen LogP contribution < -0.4 is 10.1 Å². The number of methoxy groups -OCH3 is 1. The summed E-state index contributed by atoms with van der Waals surface area (Å²) in [5.41, 5.74) is 2.25. The Morgan fingerprint density at radius 2 is 1.76 bits per heavy atom. The quantitative estimate of drug-likeness (QED) is 0.213. The zero-order chi connectivity index (χ0) is 23.9. The predicted octanol–water partition coefficient (Wildman–Crippen LogP) is 4.64. The first-order valence-electron chi connectivity index (χ1n) is 10.3. The van der Waals surface area contributed by atoms with E-state index >= 15 is 0 Å². The molecule has 9 nitrogen and oxygen atoms in total. The smallest absolute Gasteiger partial charge is 0.273 e. The van der Waals surface area contributed by atoms with Crippen LogP contribution >= 0.6 is 11.8 Å². The zero-order valence-corrected chi connectivity index (χ0v) is 19.1. The van der Waals surface area contributed by atoms with Crippen LogP contribution in [-0.2, 0) is 11.3 Å². The molecule has 34 heavy (non-hydrogen) atoms. The number of non-ortho nitro benzene ring substituents is 1. The summed E-state index contributed by atoms with van der Waals surface area (Å²) in [7, 11) is 1.39. The van der Waals surface area contributed by atoms with Gasteiger partial charge in [-0.15, -0.1) is 10.2 Å². The second-order valence-electron chi connectivity index (χ2n) is 7.22. The van der Waals surface area contributed by atoms with Crippen molar-refractivity contribution in [2.75, 3.05) is 18.2 Å². The van der Waals surface area contributed by atoms with E-state index in [-0.39, 0.29) is 23.1 Å². The van der Waals surface area contributed by atoms with Gasteiger partial charge in [-0.05, 0) is 11.6 Å². The molecular weight excluding hydrogens is 454 g/mol. The number of ether oxygens (including phenoxy) is 1. The number of carbonyl (C=O) groups is 1. The third-order valence-electron chi connectivity index (χ3n) is 4.93. The van der Waals surface area contributed by atoms with E-state index in [4.69, 9.17) is 4.74 Å². The van der Waals surface area contributed by atoms with Gasteiger partial charge in [-0.2, -0.15) is 0 Å². The van der Waals surface area contributed by atoms with Crippen LogP contribution in [0, 0.1) is 10.1 Å². The molecular formula is C24H21N5O4S. The van der Waals surface area contributed by atoms with Crippen molar-refractivity contribution in [3.63, 3.8) is 0 Å². The Morgan fingerprint density at radius 3 is 2.44 bits per heavy atom. The highest BCUT2D eigenvalue weighted by molar-refractivity contribution is 7.99. The van der Waals surface area contributed by atoms with Crippen LogP contribution in [0.1, 0.15) is 5.56 Å². The first-order chi connectivity index (χ1) is 16.5. The summed E-state index contributed by atoms with van der Waals surface area (Å²) in [6.07, 6.45) is 0. The van der Waals surface area contributed by atoms with E-state index in [2.05, 4.69) is 15.5 Å². The highest BCUT2D eigenvalue weighted by atomic mass is 32.2. The number of rotatable bonds is 9. The van der Waals surface area contributed by atoms with Crippen molar-refractivity contribution in [3.8, 4) is 17.1 Å². The molecule has 1 N–H and O–H groups in total. The van der Waals surface area contributed by atoms with Gasteiger partial charge in [0.15, 0.2) is 11.0 Å². The molecule has 0 aliphatic carbocycles. The van der Waals surface area contributed by atoms with E-state index < -0.39 is 4.92 Å². The molecule has 0 atom stereocenters. The maximum absolute atomic E-state index is 12.6. The van der Waals surface area contributed by atoms with Crippen LogP contribution in [0.3, 0.4) is 0 Å². The number of amides is 1. The maximum atomic E-state index is 12.6. The Labute approximate surface area is 199 Å². The number of nitro groups is 1. The van der Waals surface area contributed by atoms with Crippen LogP contribution in [0.5, 0.6) is 5.75 Å². The Hall–Kier alpha value is -4.18. The number of thioether (sulfide) groups is 1. The molecule has 0 unspecified atom stereocenters. The number of aromatic nitrogens is 3. The second-order valence-corrected chi connectivity index (χ2v) is 8.16. The molecule has 172 valence electrons. The number of anilines is 1. The highest BCUT2D eigenvalue weighted by Crippen LogP contribution is 2.30. The lowest BCUT2D eigenvalue weighted by Gasteiger charge is -2.11. The zero-order valence-electron chi connectivity index (χ0n) is 18.2. The van der Waals surface area contributed by atoms with Gasteiger partial charge in [0.05, 0.1) is 36.1 Å². The summed E-state index contributed by atoms with van der Waals surface area (Å²) in [4.78, 5) is 23.1. The van der Waals surface area contributed by atoms with Crippen LogP contribution in [0.15, 0.2) is 84.0 Å². The van der Waals surface area contributed by atoms with Gasteiger partial charge in [-0.1, -0.05) is 72.4 Å². The van der Waals surface area contributed by atoms with Crippen molar-refractivity contribution in [1.82, 2.24) is 14.8 Å². The molecule has 0 aliphatic rings. The number of nitrogens with zero attached hydrogens (tertiary/aromatic N) is 4. The van der Waals surface area contributed by atoms with Gasteiger partial charge in [0, 0.05) is 11.6 Å². The molecule has 4 rings (SSSR count). The van der Waals surface area contributed by atoms with Crippen molar-refractivity contribution in [3.05, 3.63) is 94.5 Å². The molecule has 0 saturated carbocycles. The fourth-order valence-corrected chi connectivity index (χ4v) is 4.06. The highest BCUT2D eigenvalue weighted by Gasteiger charge is 2.18. The van der Waals surface area contributed by atoms with Crippen LogP contribution in [0.25, 0.3) is 11.4 Å². The molecule has 1 heterocycles. The number of hydrogen-bond acceptors (Lipinski definition) is 7. The van der Waals surface area contributed by atoms with Gasteiger partial charge in [-0.3, -0.25) is 19.5 Å². The van der Waals surface area contributed by atoms with Gasteiger partial charge >= 0.3 is 0 Å². The minimum absolute atomic E-state index is 0.0713. The number of nitrogens with one attached hydrogen (secondary N) is 1. The van der Waals surface area contributed by atoms with Crippen molar-refractivity contribution in [2.24, 2.45) is 0 Å². The van der Waals surface area contributed by atoms with E-state index in [1.54, 1.807) is 0 Å². The molecule has 0 saturated heterocycles. The lowest BCUT2D eigenvalue weighted by molar-refractivity contribution is -0.384. The van der Waals surface area contributed by atoms with E-state index in [1.165, 1.54) is 37.1 Å². The Morgan fingerprint density at radius 1 is 1.06 bits per heavy atom. The number of nitro benzene ring substituents is 1. The van der Waals surface area contributed by atoms with Crippen molar-refractivity contribution >= 4 is 29.0 Å². The average Bonchev–Trinajstić information content (AvgIpc) is 3.26. The maximum Gasteiger partial charge on any atom is 0.273 e. The van der Waals surface area contributed by atoms with Crippen molar-refractivity contribution in [1.29, 1.82) is 0 Å². The fraction of sp³-hybridized carbons (Fsp3) is 0.125. The van der Waals surface area contributed by atoms with E-state index in [9.17, 15) is 14.9 Å². The number of hydrogen-bond donors (Lipinski definition) is 1. The van der Waals surface area contributed by atoms with Gasteiger partial charge in [0.2, 0.25) is 5.91 Å². The first kappa shape index (κ1) is 23.0. The largest absolute Gasteiger partial charge is 0.494 e. The molecule has 0 bridgehead atoms. The van der Waals surface area contributed by atoms with Gasteiger partial charge in [-0.25, -0.2) is 0 Å². The molecule has 1 aromatic heterocycles. The lowest BCUT2D eigenvalue weighted by atomic mass is 10.2. The Kier molecular flexibility index (Phi) is 7.19. The van der Waals surface area contributed by atoms with E-state index in [1.807, 2.05) is 65.2 Å². The molecule has 0 fully saturated rings. The van der Waals surface area contributed by atoms with Crippen molar-refractivity contribution in [2.45, 2.75) is 11.7 Å². The molecule has 10 heteroatoms. The molecule has 4 aromatic rings. The molecule has 3 aromatic carbocycles. The minimum Gasteiger partial charge on any atom is -0.494 e. The van der Waals surface area contributed by atoms with Gasteiger partial charge in [0.25, 0.3) is 5.69 Å². The minimum atomic E-state index is -0.520.